The average molecular weight is 313 g/mol. The Morgan fingerprint density at radius 2 is 2.30 bits per heavy atom. The van der Waals surface area contributed by atoms with E-state index in [9.17, 15) is 18.0 Å². The highest BCUT2D eigenvalue weighted by Gasteiger charge is 2.40. The molecule has 1 spiro atoms. The molecule has 1 N–H and O–H groups in total. The SMILES string of the molecule is O=C(COCC(F)(F)F)N[C@H]1CCO[C@]2(CCSC2)C1. The fourth-order valence-electron chi connectivity index (χ4n) is 2.54. The van der Waals surface area contributed by atoms with Gasteiger partial charge in [-0.2, -0.15) is 24.9 Å². The Hall–Kier alpha value is -0.470. The average Bonchev–Trinajstić information content (AvgIpc) is 2.75. The minimum absolute atomic E-state index is 0.0376. The molecule has 2 saturated heterocycles. The van der Waals surface area contributed by atoms with Gasteiger partial charge in [0.05, 0.1) is 5.60 Å². The zero-order valence-corrected chi connectivity index (χ0v) is 11.8. The highest BCUT2D eigenvalue weighted by atomic mass is 32.2. The number of thioether (sulfide) groups is 1. The molecular weight excluding hydrogens is 295 g/mol. The molecule has 1 amide bonds. The number of halogens is 3. The molecule has 0 aromatic heterocycles. The van der Waals surface area contributed by atoms with Gasteiger partial charge in [0.15, 0.2) is 0 Å². The third-order valence-corrected chi connectivity index (χ3v) is 4.65. The molecule has 2 aliphatic rings. The lowest BCUT2D eigenvalue weighted by Gasteiger charge is -2.38. The molecule has 8 heteroatoms. The predicted molar refractivity (Wildman–Crippen MR) is 68.7 cm³/mol. The Bertz CT molecular complexity index is 345. The minimum Gasteiger partial charge on any atom is -0.374 e. The third kappa shape index (κ3) is 4.82. The predicted octanol–water partition coefficient (Wildman–Crippen LogP) is 1.74. The van der Waals surface area contributed by atoms with Gasteiger partial charge in [0.25, 0.3) is 0 Å². The molecule has 2 atom stereocenters. The number of amides is 1. The largest absolute Gasteiger partial charge is 0.411 e. The normalized spacial score (nSPS) is 30.6. The summed E-state index contributed by atoms with van der Waals surface area (Å²) in [6.07, 6.45) is -2.01. The summed E-state index contributed by atoms with van der Waals surface area (Å²) in [4.78, 5) is 11.6. The van der Waals surface area contributed by atoms with Gasteiger partial charge in [-0.15, -0.1) is 0 Å². The van der Waals surface area contributed by atoms with Crippen LogP contribution in [-0.2, 0) is 14.3 Å². The Balaban J connectivity index is 1.71. The van der Waals surface area contributed by atoms with Gasteiger partial charge in [-0.1, -0.05) is 0 Å². The number of rotatable bonds is 4. The maximum Gasteiger partial charge on any atom is 0.411 e. The van der Waals surface area contributed by atoms with Crippen LogP contribution in [0.1, 0.15) is 19.3 Å². The molecule has 2 heterocycles. The van der Waals surface area contributed by atoms with Gasteiger partial charge in [0.2, 0.25) is 5.91 Å². The monoisotopic (exact) mass is 313 g/mol. The van der Waals surface area contributed by atoms with Gasteiger partial charge >= 0.3 is 6.18 Å². The topological polar surface area (TPSA) is 47.6 Å². The fraction of sp³-hybridized carbons (Fsp3) is 0.917. The number of carbonyl (C=O) groups is 1. The molecule has 0 aliphatic carbocycles. The molecule has 116 valence electrons. The van der Waals surface area contributed by atoms with Crippen molar-refractivity contribution in [1.82, 2.24) is 5.32 Å². The van der Waals surface area contributed by atoms with Gasteiger partial charge < -0.3 is 14.8 Å². The second kappa shape index (κ2) is 6.53. The lowest BCUT2D eigenvalue weighted by Crippen LogP contribution is -2.49. The van der Waals surface area contributed by atoms with Crippen molar-refractivity contribution >= 4 is 17.7 Å². The van der Waals surface area contributed by atoms with Crippen molar-refractivity contribution in [1.29, 1.82) is 0 Å². The molecule has 0 saturated carbocycles. The van der Waals surface area contributed by atoms with E-state index in [4.69, 9.17) is 4.74 Å². The van der Waals surface area contributed by atoms with Crippen LogP contribution < -0.4 is 5.32 Å². The van der Waals surface area contributed by atoms with Crippen LogP contribution in [0.4, 0.5) is 13.2 Å². The summed E-state index contributed by atoms with van der Waals surface area (Å²) in [5.74, 6) is 1.47. The van der Waals surface area contributed by atoms with E-state index in [1.165, 1.54) is 0 Å². The molecule has 0 radical (unpaired) electrons. The summed E-state index contributed by atoms with van der Waals surface area (Å²) in [7, 11) is 0. The van der Waals surface area contributed by atoms with Crippen molar-refractivity contribution in [3.8, 4) is 0 Å². The van der Waals surface area contributed by atoms with E-state index >= 15 is 0 Å². The van der Waals surface area contributed by atoms with Crippen molar-refractivity contribution in [3.63, 3.8) is 0 Å². The van der Waals surface area contributed by atoms with Crippen LogP contribution in [0.15, 0.2) is 0 Å². The second-order valence-corrected chi connectivity index (χ2v) is 6.30. The van der Waals surface area contributed by atoms with Gasteiger partial charge in [0.1, 0.15) is 13.2 Å². The van der Waals surface area contributed by atoms with Crippen molar-refractivity contribution in [2.24, 2.45) is 0 Å². The molecule has 20 heavy (non-hydrogen) atoms. The van der Waals surface area contributed by atoms with Crippen LogP contribution in [0.2, 0.25) is 0 Å². The molecule has 2 aliphatic heterocycles. The van der Waals surface area contributed by atoms with E-state index in [2.05, 4.69) is 10.1 Å². The number of ether oxygens (including phenoxy) is 2. The van der Waals surface area contributed by atoms with E-state index < -0.39 is 25.3 Å². The fourth-order valence-corrected chi connectivity index (χ4v) is 3.92. The molecule has 2 rings (SSSR count). The quantitative estimate of drug-likeness (QED) is 0.859. The zero-order valence-electron chi connectivity index (χ0n) is 11.0. The number of nitrogens with one attached hydrogen (secondary N) is 1. The molecule has 0 bridgehead atoms. The van der Waals surface area contributed by atoms with Crippen molar-refractivity contribution < 1.29 is 27.4 Å². The van der Waals surface area contributed by atoms with Crippen LogP contribution in [0.3, 0.4) is 0 Å². The summed E-state index contributed by atoms with van der Waals surface area (Å²) in [6.45, 7) is -1.37. The molecule has 4 nitrogen and oxygen atoms in total. The third-order valence-electron chi connectivity index (χ3n) is 3.42. The highest BCUT2D eigenvalue weighted by Crippen LogP contribution is 2.38. The molecule has 0 aromatic carbocycles. The van der Waals surface area contributed by atoms with Gasteiger partial charge in [-0.05, 0) is 25.0 Å². The Morgan fingerprint density at radius 3 is 2.95 bits per heavy atom. The first-order valence-electron chi connectivity index (χ1n) is 6.54. The van der Waals surface area contributed by atoms with E-state index in [0.717, 1.165) is 24.3 Å². The van der Waals surface area contributed by atoms with Crippen molar-refractivity contribution in [2.45, 2.75) is 37.1 Å². The molecular formula is C12H18F3NO3S. The first-order valence-corrected chi connectivity index (χ1v) is 7.70. The van der Waals surface area contributed by atoms with Gasteiger partial charge in [-0.3, -0.25) is 4.79 Å². The van der Waals surface area contributed by atoms with E-state index in [1.807, 2.05) is 11.8 Å². The maximum atomic E-state index is 11.9. The zero-order chi connectivity index (χ0) is 14.6. The standard InChI is InChI=1S/C12H18F3NO3S/c13-12(14,15)7-18-6-10(17)16-9-1-3-19-11(5-9)2-4-20-8-11/h9H,1-8H2,(H,16,17)/t9-,11+/m0/s1. The number of alkyl halides is 3. The second-order valence-electron chi connectivity index (χ2n) is 5.20. The maximum absolute atomic E-state index is 11.9. The first-order chi connectivity index (χ1) is 9.39. The Labute approximate surface area is 119 Å². The van der Waals surface area contributed by atoms with Crippen LogP contribution in [0.5, 0.6) is 0 Å². The van der Waals surface area contributed by atoms with E-state index in [1.54, 1.807) is 0 Å². The molecule has 2 fully saturated rings. The lowest BCUT2D eigenvalue weighted by atomic mass is 9.90. The van der Waals surface area contributed by atoms with Gasteiger partial charge in [0, 0.05) is 18.4 Å². The Kier molecular flexibility index (Phi) is 5.19. The summed E-state index contributed by atoms with van der Waals surface area (Å²) in [5.41, 5.74) is -0.159. The summed E-state index contributed by atoms with van der Waals surface area (Å²) in [5, 5.41) is 2.74. The van der Waals surface area contributed by atoms with Crippen LogP contribution in [0, 0.1) is 0 Å². The molecule has 0 aromatic rings. The smallest absolute Gasteiger partial charge is 0.374 e. The van der Waals surface area contributed by atoms with Crippen LogP contribution in [-0.4, -0.2) is 55.1 Å². The first kappa shape index (κ1) is 15.9. The summed E-state index contributed by atoms with van der Waals surface area (Å²) in [6, 6.07) is -0.0376. The molecule has 0 unspecified atom stereocenters. The number of hydrogen-bond acceptors (Lipinski definition) is 4. The van der Waals surface area contributed by atoms with E-state index in [0.29, 0.717) is 13.0 Å². The minimum atomic E-state index is -4.40. The summed E-state index contributed by atoms with van der Waals surface area (Å²) >= 11 is 1.83. The van der Waals surface area contributed by atoms with E-state index in [-0.39, 0.29) is 11.6 Å². The van der Waals surface area contributed by atoms with Crippen molar-refractivity contribution in [3.05, 3.63) is 0 Å². The lowest BCUT2D eigenvalue weighted by molar-refractivity contribution is -0.176. The number of carbonyl (C=O) groups excluding carboxylic acids is 1. The number of hydrogen-bond donors (Lipinski definition) is 1. The van der Waals surface area contributed by atoms with Crippen molar-refractivity contribution in [2.75, 3.05) is 31.3 Å². The van der Waals surface area contributed by atoms with Crippen LogP contribution >= 0.6 is 11.8 Å². The highest BCUT2D eigenvalue weighted by molar-refractivity contribution is 7.99. The van der Waals surface area contributed by atoms with Gasteiger partial charge in [-0.25, -0.2) is 0 Å². The summed E-state index contributed by atoms with van der Waals surface area (Å²) < 4.78 is 45.8. The Morgan fingerprint density at radius 1 is 1.50 bits per heavy atom. The van der Waals surface area contributed by atoms with Crippen LogP contribution in [0.25, 0.3) is 0 Å².